The molecule has 1 aliphatic heterocycles. The standard InChI is InChI=1S/C14H22N2S/c1-2-4-11-6-8-12(9-7-11)14(16-15)13-5-3-10-17-13/h6-9,13-14,16H,2-5,10,15H2,1H3. The zero-order chi connectivity index (χ0) is 12.1. The topological polar surface area (TPSA) is 38.0 Å². The van der Waals surface area contributed by atoms with E-state index in [-0.39, 0.29) is 0 Å². The average molecular weight is 250 g/mol. The van der Waals surface area contributed by atoms with E-state index in [1.54, 1.807) is 0 Å². The van der Waals surface area contributed by atoms with Gasteiger partial charge in [0.05, 0.1) is 6.04 Å². The summed E-state index contributed by atoms with van der Waals surface area (Å²) in [6.45, 7) is 2.22. The SMILES string of the molecule is CCCc1ccc(C(NN)C2CCCS2)cc1. The summed E-state index contributed by atoms with van der Waals surface area (Å²) in [5.41, 5.74) is 5.74. The van der Waals surface area contributed by atoms with E-state index in [9.17, 15) is 0 Å². The summed E-state index contributed by atoms with van der Waals surface area (Å²) < 4.78 is 0. The molecule has 2 unspecified atom stereocenters. The lowest BCUT2D eigenvalue weighted by Crippen LogP contribution is -2.34. The van der Waals surface area contributed by atoms with Crippen LogP contribution in [-0.4, -0.2) is 11.0 Å². The normalized spacial score (nSPS) is 21.6. The van der Waals surface area contributed by atoms with Gasteiger partial charge in [-0.15, -0.1) is 0 Å². The van der Waals surface area contributed by atoms with E-state index in [2.05, 4.69) is 36.6 Å². The van der Waals surface area contributed by atoms with Gasteiger partial charge in [0.25, 0.3) is 0 Å². The Labute approximate surface area is 108 Å². The summed E-state index contributed by atoms with van der Waals surface area (Å²) in [6, 6.07) is 9.24. The van der Waals surface area contributed by atoms with Crippen molar-refractivity contribution in [2.24, 2.45) is 5.84 Å². The van der Waals surface area contributed by atoms with Crippen LogP contribution < -0.4 is 11.3 Å². The van der Waals surface area contributed by atoms with E-state index in [1.807, 2.05) is 11.8 Å². The molecule has 1 aromatic carbocycles. The second-order valence-corrected chi connectivity index (χ2v) is 6.03. The lowest BCUT2D eigenvalue weighted by atomic mass is 9.99. The molecule has 94 valence electrons. The van der Waals surface area contributed by atoms with Crippen molar-refractivity contribution >= 4 is 11.8 Å². The molecule has 1 fully saturated rings. The summed E-state index contributed by atoms with van der Waals surface area (Å²) in [4.78, 5) is 0. The Balaban J connectivity index is 2.07. The summed E-state index contributed by atoms with van der Waals surface area (Å²) in [5.74, 6) is 6.99. The summed E-state index contributed by atoms with van der Waals surface area (Å²) >= 11 is 2.04. The average Bonchev–Trinajstić information content (AvgIpc) is 2.86. The van der Waals surface area contributed by atoms with Gasteiger partial charge in [0, 0.05) is 5.25 Å². The number of hydrogen-bond donors (Lipinski definition) is 2. The molecule has 1 heterocycles. The highest BCUT2D eigenvalue weighted by Crippen LogP contribution is 2.35. The molecule has 0 aromatic heterocycles. The molecule has 2 nitrogen and oxygen atoms in total. The van der Waals surface area contributed by atoms with Crippen LogP contribution in [0.3, 0.4) is 0 Å². The van der Waals surface area contributed by atoms with Crippen LogP contribution in [0.2, 0.25) is 0 Å². The quantitative estimate of drug-likeness (QED) is 0.623. The van der Waals surface area contributed by atoms with Crippen LogP contribution in [0.4, 0.5) is 0 Å². The van der Waals surface area contributed by atoms with Crippen LogP contribution >= 0.6 is 11.8 Å². The monoisotopic (exact) mass is 250 g/mol. The first-order valence-corrected chi connectivity index (χ1v) is 7.56. The van der Waals surface area contributed by atoms with Crippen LogP contribution in [0, 0.1) is 0 Å². The molecule has 1 aromatic rings. The van der Waals surface area contributed by atoms with Gasteiger partial charge >= 0.3 is 0 Å². The first-order chi connectivity index (χ1) is 8.35. The van der Waals surface area contributed by atoms with Crippen LogP contribution in [0.15, 0.2) is 24.3 Å². The molecule has 17 heavy (non-hydrogen) atoms. The summed E-state index contributed by atoms with van der Waals surface area (Å²) in [5, 5.41) is 0.636. The molecule has 0 amide bonds. The Hall–Kier alpha value is -0.510. The fraction of sp³-hybridized carbons (Fsp3) is 0.571. The van der Waals surface area contributed by atoms with Crippen molar-refractivity contribution in [3.8, 4) is 0 Å². The maximum absolute atomic E-state index is 5.72. The van der Waals surface area contributed by atoms with Crippen molar-refractivity contribution in [3.63, 3.8) is 0 Å². The minimum absolute atomic E-state index is 0.304. The predicted molar refractivity (Wildman–Crippen MR) is 76.0 cm³/mol. The number of aryl methyl sites for hydroxylation is 1. The third-order valence-corrected chi connectivity index (χ3v) is 4.85. The van der Waals surface area contributed by atoms with E-state index in [0.29, 0.717) is 11.3 Å². The van der Waals surface area contributed by atoms with Crippen LogP contribution in [0.1, 0.15) is 43.4 Å². The zero-order valence-electron chi connectivity index (χ0n) is 10.5. The Kier molecular flexibility index (Phi) is 4.89. The maximum atomic E-state index is 5.72. The van der Waals surface area contributed by atoms with Crippen molar-refractivity contribution in [2.75, 3.05) is 5.75 Å². The molecule has 0 saturated carbocycles. The third-order valence-electron chi connectivity index (χ3n) is 3.39. The Morgan fingerprint density at radius 2 is 2.18 bits per heavy atom. The van der Waals surface area contributed by atoms with Crippen LogP contribution in [-0.2, 0) is 6.42 Å². The second kappa shape index (κ2) is 6.43. The molecule has 0 aliphatic carbocycles. The van der Waals surface area contributed by atoms with Crippen LogP contribution in [0.5, 0.6) is 0 Å². The highest BCUT2D eigenvalue weighted by Gasteiger charge is 2.25. The van der Waals surface area contributed by atoms with Gasteiger partial charge in [-0.05, 0) is 36.1 Å². The van der Waals surface area contributed by atoms with Crippen molar-refractivity contribution < 1.29 is 0 Å². The maximum Gasteiger partial charge on any atom is 0.0578 e. The van der Waals surface area contributed by atoms with E-state index in [1.165, 1.54) is 42.6 Å². The van der Waals surface area contributed by atoms with Crippen molar-refractivity contribution in [2.45, 2.75) is 43.9 Å². The van der Waals surface area contributed by atoms with Gasteiger partial charge in [-0.25, -0.2) is 0 Å². The Bertz CT molecular complexity index is 331. The first kappa shape index (κ1) is 12.9. The molecular formula is C14H22N2S. The molecule has 3 heteroatoms. The second-order valence-electron chi connectivity index (χ2n) is 4.69. The Morgan fingerprint density at radius 1 is 1.41 bits per heavy atom. The van der Waals surface area contributed by atoms with Crippen molar-refractivity contribution in [1.82, 2.24) is 5.43 Å². The van der Waals surface area contributed by atoms with Gasteiger partial charge in [-0.3, -0.25) is 11.3 Å². The van der Waals surface area contributed by atoms with Gasteiger partial charge < -0.3 is 0 Å². The molecule has 1 saturated heterocycles. The molecule has 1 aliphatic rings. The minimum Gasteiger partial charge on any atom is -0.271 e. The third kappa shape index (κ3) is 3.24. The van der Waals surface area contributed by atoms with E-state index in [0.717, 1.165) is 0 Å². The van der Waals surface area contributed by atoms with Crippen LogP contribution in [0.25, 0.3) is 0 Å². The fourth-order valence-electron chi connectivity index (χ4n) is 2.46. The molecule has 2 atom stereocenters. The summed E-state index contributed by atoms with van der Waals surface area (Å²) in [6.07, 6.45) is 4.97. The van der Waals surface area contributed by atoms with Crippen molar-refractivity contribution in [3.05, 3.63) is 35.4 Å². The van der Waals surface area contributed by atoms with Gasteiger partial charge in [-0.1, -0.05) is 37.6 Å². The smallest absolute Gasteiger partial charge is 0.0578 e. The molecule has 0 spiro atoms. The number of rotatable bonds is 5. The predicted octanol–water partition coefficient (Wildman–Crippen LogP) is 3.04. The molecule has 2 rings (SSSR count). The minimum atomic E-state index is 0.304. The van der Waals surface area contributed by atoms with Gasteiger partial charge in [0.1, 0.15) is 0 Å². The molecule has 0 bridgehead atoms. The van der Waals surface area contributed by atoms with Gasteiger partial charge in [0.15, 0.2) is 0 Å². The van der Waals surface area contributed by atoms with Gasteiger partial charge in [0.2, 0.25) is 0 Å². The van der Waals surface area contributed by atoms with Gasteiger partial charge in [-0.2, -0.15) is 11.8 Å². The number of thioether (sulfide) groups is 1. The zero-order valence-corrected chi connectivity index (χ0v) is 11.3. The first-order valence-electron chi connectivity index (χ1n) is 6.51. The molecule has 3 N–H and O–H groups in total. The van der Waals surface area contributed by atoms with Crippen molar-refractivity contribution in [1.29, 1.82) is 0 Å². The molecule has 0 radical (unpaired) electrons. The number of hydrazine groups is 1. The number of hydrogen-bond acceptors (Lipinski definition) is 3. The highest BCUT2D eigenvalue weighted by molar-refractivity contribution is 8.00. The lowest BCUT2D eigenvalue weighted by molar-refractivity contribution is 0.520. The summed E-state index contributed by atoms with van der Waals surface area (Å²) in [7, 11) is 0. The Morgan fingerprint density at radius 3 is 2.71 bits per heavy atom. The van der Waals surface area contributed by atoms with E-state index < -0.39 is 0 Å². The van der Waals surface area contributed by atoms with E-state index >= 15 is 0 Å². The highest BCUT2D eigenvalue weighted by atomic mass is 32.2. The number of benzene rings is 1. The largest absolute Gasteiger partial charge is 0.271 e. The molecular weight excluding hydrogens is 228 g/mol. The number of nitrogens with two attached hydrogens (primary N) is 1. The lowest BCUT2D eigenvalue weighted by Gasteiger charge is -2.22. The fourth-order valence-corrected chi connectivity index (χ4v) is 3.86. The van der Waals surface area contributed by atoms with E-state index in [4.69, 9.17) is 5.84 Å². The number of nitrogens with one attached hydrogen (secondary N) is 1.